The Bertz CT molecular complexity index is 1460. The Morgan fingerprint density at radius 1 is 1.16 bits per heavy atom. The molecule has 13 nitrogen and oxygen atoms in total. The van der Waals surface area contributed by atoms with Crippen LogP contribution in [0.1, 0.15) is 87.5 Å². The summed E-state index contributed by atoms with van der Waals surface area (Å²) in [6.45, 7) is 16.1. The van der Waals surface area contributed by atoms with Gasteiger partial charge in [0, 0.05) is 46.3 Å². The highest BCUT2D eigenvalue weighted by molar-refractivity contribution is 6.15. The third-order valence-electron chi connectivity index (χ3n) is 10.7. The molecule has 0 spiro atoms. The van der Waals surface area contributed by atoms with Gasteiger partial charge in [-0.25, -0.2) is 4.79 Å². The molecule has 1 saturated heterocycles. The molecule has 50 heavy (non-hydrogen) atoms. The number of aromatic nitrogens is 4. The molecule has 0 bridgehead atoms. The average molecular weight is 695 g/mol. The predicted octanol–water partition coefficient (Wildman–Crippen LogP) is 5.05. The summed E-state index contributed by atoms with van der Waals surface area (Å²) in [5.74, 6) is -3.82. The highest BCUT2D eigenvalue weighted by atomic mass is 16.6. The van der Waals surface area contributed by atoms with E-state index in [1.54, 1.807) is 27.6 Å². The zero-order chi connectivity index (χ0) is 37.4. The zero-order valence-electron chi connectivity index (χ0n) is 31.2. The van der Waals surface area contributed by atoms with E-state index in [-0.39, 0.29) is 24.2 Å². The number of unbranched alkanes of at least 4 members (excludes halogenated alkanes) is 1. The minimum atomic E-state index is -1.20. The van der Waals surface area contributed by atoms with Gasteiger partial charge in [-0.1, -0.05) is 32.1 Å². The molecule has 2 amide bonds. The molecular weight excluding hydrogens is 639 g/mol. The fourth-order valence-electron chi connectivity index (χ4n) is 7.07. The number of amides is 2. The maximum absolute atomic E-state index is 13.5. The largest absolute Gasteiger partial charge is 0.481 e. The first-order valence-corrected chi connectivity index (χ1v) is 17.6. The van der Waals surface area contributed by atoms with Crippen molar-refractivity contribution in [2.75, 3.05) is 20.2 Å². The average Bonchev–Trinajstić information content (AvgIpc) is 3.66. The quantitative estimate of drug-likeness (QED) is 0.113. The number of nitrogens with zero attached hydrogens (tertiary/aromatic N) is 6. The number of ketones is 1. The van der Waals surface area contributed by atoms with E-state index in [1.807, 2.05) is 45.2 Å². The highest BCUT2D eigenvalue weighted by Crippen LogP contribution is 2.41. The van der Waals surface area contributed by atoms with Gasteiger partial charge in [0.15, 0.2) is 0 Å². The van der Waals surface area contributed by atoms with Gasteiger partial charge in [0.1, 0.15) is 23.0 Å². The summed E-state index contributed by atoms with van der Waals surface area (Å²) in [4.78, 5) is 58.6. The standard InChI is InChI=1S/C36H55BN6O7/c1-10-24(3)36(8)32(42(34(48)50-36)18-14-13-17-41-22-29(39-40-41)28-15-11-12-16-38-28)26(5)43(27(6)44)21-23(2)20-35(7,49-9)31(37)19-30(45)25(4)33(46)47/h11-12,15-16,22-26,31-32H,10,13-14,17-21H2,1-9H3,(H,46,47)/t23-,24-,25-,26-,31-,32-,35-,36-/m1/s1. The van der Waals surface area contributed by atoms with Crippen LogP contribution in [0.5, 0.6) is 0 Å². The minimum absolute atomic E-state index is 0.0239. The van der Waals surface area contributed by atoms with E-state index in [0.29, 0.717) is 38.2 Å². The van der Waals surface area contributed by atoms with E-state index in [1.165, 1.54) is 21.0 Å². The Hall–Kier alpha value is -3.81. The van der Waals surface area contributed by atoms with Gasteiger partial charge in [-0.2, -0.15) is 0 Å². The molecule has 0 unspecified atom stereocenters. The minimum Gasteiger partial charge on any atom is -0.481 e. The number of rotatable bonds is 20. The van der Waals surface area contributed by atoms with Crippen LogP contribution in [0.3, 0.4) is 0 Å². The lowest BCUT2D eigenvalue weighted by Crippen LogP contribution is -2.60. The number of pyridine rings is 1. The fourth-order valence-corrected chi connectivity index (χ4v) is 7.07. The highest BCUT2D eigenvalue weighted by Gasteiger charge is 2.56. The molecule has 3 heterocycles. The monoisotopic (exact) mass is 694 g/mol. The Morgan fingerprint density at radius 2 is 1.84 bits per heavy atom. The molecule has 1 N–H and O–H groups in total. The van der Waals surface area contributed by atoms with Crippen LogP contribution in [-0.2, 0) is 30.4 Å². The van der Waals surface area contributed by atoms with Gasteiger partial charge < -0.3 is 19.5 Å². The van der Waals surface area contributed by atoms with Crippen LogP contribution >= 0.6 is 0 Å². The fraction of sp³-hybridized carbons (Fsp3) is 0.694. The first-order chi connectivity index (χ1) is 23.5. The van der Waals surface area contributed by atoms with Crippen molar-refractivity contribution < 1.29 is 33.8 Å². The van der Waals surface area contributed by atoms with E-state index in [4.69, 9.17) is 17.3 Å². The third-order valence-corrected chi connectivity index (χ3v) is 10.7. The van der Waals surface area contributed by atoms with Gasteiger partial charge in [0.25, 0.3) is 0 Å². The maximum atomic E-state index is 13.5. The summed E-state index contributed by atoms with van der Waals surface area (Å²) in [6.07, 6.45) is 5.66. The van der Waals surface area contributed by atoms with E-state index < -0.39 is 52.9 Å². The predicted molar refractivity (Wildman–Crippen MR) is 189 cm³/mol. The molecule has 8 atom stereocenters. The van der Waals surface area contributed by atoms with Gasteiger partial charge in [0.2, 0.25) is 5.91 Å². The van der Waals surface area contributed by atoms with E-state index in [2.05, 4.69) is 29.1 Å². The van der Waals surface area contributed by atoms with Crippen molar-refractivity contribution in [3.8, 4) is 11.4 Å². The van der Waals surface area contributed by atoms with Crippen LogP contribution in [0.25, 0.3) is 11.4 Å². The molecule has 0 aromatic carbocycles. The Morgan fingerprint density at radius 3 is 2.42 bits per heavy atom. The second-order valence-corrected chi connectivity index (χ2v) is 14.4. The molecule has 2 radical (unpaired) electrons. The van der Waals surface area contributed by atoms with Gasteiger partial charge in [0.05, 0.1) is 37.4 Å². The van der Waals surface area contributed by atoms with Crippen LogP contribution in [-0.4, -0.2) is 110 Å². The summed E-state index contributed by atoms with van der Waals surface area (Å²) >= 11 is 0. The smallest absolute Gasteiger partial charge is 0.410 e. The van der Waals surface area contributed by atoms with Crippen LogP contribution in [0, 0.1) is 17.8 Å². The van der Waals surface area contributed by atoms with Crippen LogP contribution < -0.4 is 0 Å². The molecule has 1 fully saturated rings. The van der Waals surface area contributed by atoms with Crippen molar-refractivity contribution in [1.82, 2.24) is 29.8 Å². The maximum Gasteiger partial charge on any atom is 0.410 e. The molecule has 0 aliphatic carbocycles. The second kappa shape index (κ2) is 17.4. The van der Waals surface area contributed by atoms with Crippen LogP contribution in [0.2, 0.25) is 5.82 Å². The molecule has 0 saturated carbocycles. The first-order valence-electron chi connectivity index (χ1n) is 17.6. The number of Topliss-reactive ketones (excluding diaryl/α,β-unsaturated/α-hetero) is 1. The number of methoxy groups -OCH3 is 1. The Balaban J connectivity index is 1.74. The summed E-state index contributed by atoms with van der Waals surface area (Å²) in [7, 11) is 7.96. The number of carbonyl (C=O) groups is 4. The number of hydrogen-bond acceptors (Lipinski definition) is 9. The SMILES string of the molecule is [B][C@H](CC(=O)[C@@H](C)C(=O)O)[C@@](C)(C[C@@H](C)CN(C(C)=O)[C@H](C)[C@H]1N(CCCCn2cc(-c3ccccn3)nn2)C(=O)O[C@]1(C)[C@H](C)CC)OC. The number of carboxylic acid groups (broad SMARTS) is 1. The number of aryl methyl sites for hydroxylation is 1. The number of carbonyl (C=O) groups excluding carboxylic acids is 3. The van der Waals surface area contributed by atoms with Gasteiger partial charge in [-0.3, -0.25) is 28.9 Å². The van der Waals surface area contributed by atoms with Gasteiger partial charge in [-0.15, -0.1) is 5.10 Å². The number of aliphatic carboxylic acids is 1. The molecule has 2 aromatic heterocycles. The zero-order valence-corrected chi connectivity index (χ0v) is 31.2. The van der Waals surface area contributed by atoms with E-state index >= 15 is 0 Å². The normalized spacial score (nSPS) is 21.8. The summed E-state index contributed by atoms with van der Waals surface area (Å²) < 4.78 is 13.8. The lowest BCUT2D eigenvalue weighted by molar-refractivity contribution is -0.146. The van der Waals surface area contributed by atoms with Crippen molar-refractivity contribution in [1.29, 1.82) is 0 Å². The van der Waals surface area contributed by atoms with Crippen molar-refractivity contribution in [2.24, 2.45) is 17.8 Å². The van der Waals surface area contributed by atoms with Crippen molar-refractivity contribution >= 4 is 31.6 Å². The summed E-state index contributed by atoms with van der Waals surface area (Å²) in [6, 6.07) is 4.83. The Labute approximate surface area is 297 Å². The van der Waals surface area contributed by atoms with Crippen molar-refractivity contribution in [3.63, 3.8) is 0 Å². The second-order valence-electron chi connectivity index (χ2n) is 14.4. The number of hydrogen-bond donors (Lipinski definition) is 1. The number of cyclic esters (lactones) is 1. The van der Waals surface area contributed by atoms with Crippen LogP contribution in [0.15, 0.2) is 30.6 Å². The lowest BCUT2D eigenvalue weighted by atomic mass is 9.67. The number of ether oxygens (including phenoxy) is 2. The Kier molecular flexibility index (Phi) is 14.1. The molecule has 274 valence electrons. The molecule has 1 aliphatic rings. The first kappa shape index (κ1) is 40.6. The van der Waals surface area contributed by atoms with E-state index in [9.17, 15) is 24.3 Å². The van der Waals surface area contributed by atoms with Crippen LogP contribution in [0.4, 0.5) is 4.79 Å². The van der Waals surface area contributed by atoms with E-state index in [0.717, 1.165) is 18.5 Å². The topological polar surface area (TPSA) is 157 Å². The molecule has 14 heteroatoms. The molecular formula is C36H55BN6O7. The van der Waals surface area contributed by atoms with Crippen molar-refractivity contribution in [2.45, 2.75) is 123 Å². The van der Waals surface area contributed by atoms with Gasteiger partial charge >= 0.3 is 12.1 Å². The molecule has 1 aliphatic heterocycles. The summed E-state index contributed by atoms with van der Waals surface area (Å²) in [5, 5.41) is 17.7. The third kappa shape index (κ3) is 9.49. The summed E-state index contributed by atoms with van der Waals surface area (Å²) in [5.41, 5.74) is -0.347. The lowest BCUT2D eigenvalue weighted by Gasteiger charge is -2.44. The number of carboxylic acids is 1. The van der Waals surface area contributed by atoms with Gasteiger partial charge in [-0.05, 0) is 83.2 Å². The molecule has 3 rings (SSSR count). The van der Waals surface area contributed by atoms with Crippen molar-refractivity contribution in [3.05, 3.63) is 30.6 Å². The molecule has 2 aromatic rings.